The Bertz CT molecular complexity index is 1020. The number of fused-ring (bicyclic) bond motifs is 2. The van der Waals surface area contributed by atoms with E-state index in [1.165, 1.54) is 6.42 Å². The molecular weight excluding hydrogens is 342 g/mol. The lowest BCUT2D eigenvalue weighted by atomic mass is 9.82. The topological polar surface area (TPSA) is 85.7 Å². The van der Waals surface area contributed by atoms with Gasteiger partial charge in [-0.15, -0.1) is 10.2 Å². The number of aromatic nitrogens is 5. The molecule has 2 aliphatic rings. The van der Waals surface area contributed by atoms with Crippen LogP contribution in [-0.4, -0.2) is 38.2 Å². The van der Waals surface area contributed by atoms with E-state index in [4.69, 9.17) is 4.74 Å². The Morgan fingerprint density at radius 1 is 1.04 bits per heavy atom. The number of ether oxygens (including phenoxy) is 1. The maximum atomic E-state index is 12.1. The minimum absolute atomic E-state index is 0.176. The monoisotopic (exact) mass is 365 g/mol. The van der Waals surface area contributed by atoms with Gasteiger partial charge in [0.05, 0.1) is 5.39 Å². The molecule has 0 saturated carbocycles. The van der Waals surface area contributed by atoms with Crippen LogP contribution in [-0.2, 0) is 11.3 Å². The average Bonchev–Trinajstić information content (AvgIpc) is 3.01. The van der Waals surface area contributed by atoms with Crippen LogP contribution in [0.3, 0.4) is 0 Å². The number of benzene rings is 1. The molecule has 7 nitrogen and oxygen atoms in total. The molecular formula is C20H23N5O2. The van der Waals surface area contributed by atoms with E-state index in [0.717, 1.165) is 62.5 Å². The van der Waals surface area contributed by atoms with Crippen molar-refractivity contribution in [1.29, 1.82) is 0 Å². The van der Waals surface area contributed by atoms with Gasteiger partial charge in [0.15, 0.2) is 5.82 Å². The van der Waals surface area contributed by atoms with E-state index in [1.807, 2.05) is 24.3 Å². The van der Waals surface area contributed by atoms with Crippen LogP contribution in [0.2, 0.25) is 0 Å². The van der Waals surface area contributed by atoms with Crippen molar-refractivity contribution in [2.24, 2.45) is 5.92 Å². The predicted molar refractivity (Wildman–Crippen MR) is 102 cm³/mol. The van der Waals surface area contributed by atoms with Crippen molar-refractivity contribution in [3.63, 3.8) is 0 Å². The summed E-state index contributed by atoms with van der Waals surface area (Å²) >= 11 is 0. The summed E-state index contributed by atoms with van der Waals surface area (Å²) in [5.74, 6) is 2.86. The Labute approximate surface area is 156 Å². The van der Waals surface area contributed by atoms with Crippen LogP contribution in [0.25, 0.3) is 22.3 Å². The molecule has 1 unspecified atom stereocenters. The number of rotatable bonds is 2. The summed E-state index contributed by atoms with van der Waals surface area (Å²) < 4.78 is 7.79. The van der Waals surface area contributed by atoms with Crippen LogP contribution in [0.15, 0.2) is 29.1 Å². The highest BCUT2D eigenvalue weighted by Gasteiger charge is 2.32. The molecule has 0 aliphatic carbocycles. The van der Waals surface area contributed by atoms with Gasteiger partial charge in [-0.05, 0) is 37.7 Å². The molecule has 140 valence electrons. The van der Waals surface area contributed by atoms with Crippen molar-refractivity contribution >= 4 is 10.8 Å². The van der Waals surface area contributed by atoms with Crippen molar-refractivity contribution in [2.45, 2.75) is 44.6 Å². The largest absolute Gasteiger partial charge is 0.381 e. The lowest BCUT2D eigenvalue weighted by Gasteiger charge is -2.28. The Balaban J connectivity index is 1.63. The van der Waals surface area contributed by atoms with Gasteiger partial charge < -0.3 is 9.30 Å². The van der Waals surface area contributed by atoms with E-state index in [9.17, 15) is 4.79 Å². The summed E-state index contributed by atoms with van der Waals surface area (Å²) in [5, 5.41) is 17.6. The third kappa shape index (κ3) is 2.86. The van der Waals surface area contributed by atoms with E-state index < -0.39 is 0 Å². The van der Waals surface area contributed by atoms with E-state index in [-0.39, 0.29) is 5.56 Å². The van der Waals surface area contributed by atoms with E-state index in [0.29, 0.717) is 22.9 Å². The number of nitrogens with one attached hydrogen (secondary N) is 1. The lowest BCUT2D eigenvalue weighted by Crippen LogP contribution is -2.23. The zero-order chi connectivity index (χ0) is 18.2. The molecule has 2 aliphatic heterocycles. The smallest absolute Gasteiger partial charge is 0.272 e. The van der Waals surface area contributed by atoms with Crippen LogP contribution in [0.4, 0.5) is 0 Å². The molecule has 1 saturated heterocycles. The van der Waals surface area contributed by atoms with Crippen LogP contribution < -0.4 is 5.56 Å². The van der Waals surface area contributed by atoms with Gasteiger partial charge in [-0.25, -0.2) is 5.10 Å². The van der Waals surface area contributed by atoms with Crippen LogP contribution in [0.1, 0.15) is 43.8 Å². The van der Waals surface area contributed by atoms with Crippen molar-refractivity contribution in [1.82, 2.24) is 25.0 Å². The summed E-state index contributed by atoms with van der Waals surface area (Å²) in [6, 6.07) is 7.55. The Morgan fingerprint density at radius 2 is 1.85 bits per heavy atom. The zero-order valence-corrected chi connectivity index (χ0v) is 15.2. The summed E-state index contributed by atoms with van der Waals surface area (Å²) in [7, 11) is 0. The Morgan fingerprint density at radius 3 is 2.70 bits per heavy atom. The molecule has 0 amide bonds. The number of H-pyrrole nitrogens is 1. The highest BCUT2D eigenvalue weighted by Crippen LogP contribution is 2.38. The highest BCUT2D eigenvalue weighted by atomic mass is 16.5. The molecule has 0 spiro atoms. The van der Waals surface area contributed by atoms with Gasteiger partial charge in [0.25, 0.3) is 5.56 Å². The third-order valence-electron chi connectivity index (χ3n) is 6.00. The summed E-state index contributed by atoms with van der Waals surface area (Å²) in [6.07, 6.45) is 5.64. The van der Waals surface area contributed by atoms with Crippen molar-refractivity contribution < 1.29 is 4.74 Å². The van der Waals surface area contributed by atoms with Gasteiger partial charge >= 0.3 is 0 Å². The van der Waals surface area contributed by atoms with Gasteiger partial charge in [-0.1, -0.05) is 24.6 Å². The molecule has 4 heterocycles. The SMILES string of the molecule is O=c1[nH]nc(-c2nnc3n2CCCCC3C2CCOCC2)c2ccccc12. The maximum Gasteiger partial charge on any atom is 0.272 e. The predicted octanol–water partition coefficient (Wildman–Crippen LogP) is 2.88. The second-order valence-corrected chi connectivity index (χ2v) is 7.53. The van der Waals surface area contributed by atoms with Gasteiger partial charge in [0.2, 0.25) is 0 Å². The molecule has 1 N–H and O–H groups in total. The average molecular weight is 365 g/mol. The number of hydrogen-bond donors (Lipinski definition) is 1. The van der Waals surface area contributed by atoms with Crippen LogP contribution in [0, 0.1) is 5.92 Å². The first-order valence-corrected chi connectivity index (χ1v) is 9.81. The highest BCUT2D eigenvalue weighted by molar-refractivity contribution is 5.92. The number of aromatic amines is 1. The first-order chi connectivity index (χ1) is 13.3. The summed E-state index contributed by atoms with van der Waals surface area (Å²) in [5.41, 5.74) is 0.529. The molecule has 7 heteroatoms. The quantitative estimate of drug-likeness (QED) is 0.755. The Hall–Kier alpha value is -2.54. The van der Waals surface area contributed by atoms with Crippen LogP contribution >= 0.6 is 0 Å². The van der Waals surface area contributed by atoms with Crippen molar-refractivity contribution in [3.05, 3.63) is 40.4 Å². The van der Waals surface area contributed by atoms with Crippen molar-refractivity contribution in [2.75, 3.05) is 13.2 Å². The summed E-state index contributed by atoms with van der Waals surface area (Å²) in [4.78, 5) is 12.1. The molecule has 1 fully saturated rings. The third-order valence-corrected chi connectivity index (χ3v) is 6.00. The second-order valence-electron chi connectivity index (χ2n) is 7.53. The summed E-state index contributed by atoms with van der Waals surface area (Å²) in [6.45, 7) is 2.58. The van der Waals surface area contributed by atoms with Gasteiger partial charge in [0.1, 0.15) is 11.5 Å². The minimum Gasteiger partial charge on any atom is -0.381 e. The number of nitrogens with zero attached hydrogens (tertiary/aromatic N) is 4. The molecule has 1 atom stereocenters. The minimum atomic E-state index is -0.176. The van der Waals surface area contributed by atoms with E-state index in [1.54, 1.807) is 0 Å². The van der Waals surface area contributed by atoms with E-state index in [2.05, 4.69) is 25.0 Å². The first kappa shape index (κ1) is 16.6. The fourth-order valence-corrected chi connectivity index (χ4v) is 4.60. The van der Waals surface area contributed by atoms with Gasteiger partial charge in [-0.3, -0.25) is 4.79 Å². The van der Waals surface area contributed by atoms with Crippen LogP contribution in [0.5, 0.6) is 0 Å². The van der Waals surface area contributed by atoms with Gasteiger partial charge in [-0.2, -0.15) is 5.10 Å². The molecule has 3 aromatic rings. The van der Waals surface area contributed by atoms with Crippen molar-refractivity contribution in [3.8, 4) is 11.5 Å². The second kappa shape index (κ2) is 6.88. The fraction of sp³-hybridized carbons (Fsp3) is 0.500. The Kier molecular flexibility index (Phi) is 4.24. The molecule has 1 aromatic carbocycles. The molecule has 2 aromatic heterocycles. The lowest BCUT2D eigenvalue weighted by molar-refractivity contribution is 0.0556. The normalized spacial score (nSPS) is 21.1. The molecule has 0 radical (unpaired) electrons. The zero-order valence-electron chi connectivity index (χ0n) is 15.2. The fourth-order valence-electron chi connectivity index (χ4n) is 4.60. The first-order valence-electron chi connectivity index (χ1n) is 9.81. The molecule has 27 heavy (non-hydrogen) atoms. The number of hydrogen-bond acceptors (Lipinski definition) is 5. The molecule has 0 bridgehead atoms. The maximum absolute atomic E-state index is 12.1. The van der Waals surface area contributed by atoms with Gasteiger partial charge in [0, 0.05) is 31.1 Å². The molecule has 5 rings (SSSR count). The van der Waals surface area contributed by atoms with E-state index >= 15 is 0 Å². The standard InChI is InChI=1S/C20H23N5O2/c26-20-16-7-2-1-6-15(16)17(21-24-20)19-23-22-18-14(5-3-4-10-25(18)19)13-8-11-27-12-9-13/h1-2,6-7,13-14H,3-5,8-12H2,(H,24,26).